The van der Waals surface area contributed by atoms with Gasteiger partial charge in [0.25, 0.3) is 0 Å². The van der Waals surface area contributed by atoms with Crippen LogP contribution in [-0.4, -0.2) is 15.4 Å². The highest BCUT2D eigenvalue weighted by molar-refractivity contribution is 7.08. The first-order valence-corrected chi connectivity index (χ1v) is 7.59. The van der Waals surface area contributed by atoms with E-state index in [-0.39, 0.29) is 11.7 Å². The maximum atomic E-state index is 12.5. The molecule has 0 amide bonds. The Balaban J connectivity index is 2.31. The van der Waals surface area contributed by atoms with Crippen LogP contribution in [0.2, 0.25) is 0 Å². The quantitative estimate of drug-likeness (QED) is 0.798. The summed E-state index contributed by atoms with van der Waals surface area (Å²) in [4.78, 5) is 13.2. The molecule has 1 heterocycles. The van der Waals surface area contributed by atoms with E-state index in [1.807, 2.05) is 13.8 Å². The van der Waals surface area contributed by atoms with Gasteiger partial charge in [-0.05, 0) is 54.9 Å². The molecule has 106 valence electrons. The van der Waals surface area contributed by atoms with Gasteiger partial charge in [0.2, 0.25) is 0 Å². The second-order valence-electron chi connectivity index (χ2n) is 5.62. The molecule has 1 aromatic heterocycles. The van der Waals surface area contributed by atoms with Crippen LogP contribution in [0.5, 0.6) is 0 Å². The van der Waals surface area contributed by atoms with Crippen molar-refractivity contribution in [2.24, 2.45) is 0 Å². The average molecular weight is 288 g/mol. The van der Waals surface area contributed by atoms with Gasteiger partial charge in [-0.1, -0.05) is 36.0 Å². The number of hydrogen-bond donors (Lipinski definition) is 0. The molecule has 0 aliphatic rings. The van der Waals surface area contributed by atoms with Crippen LogP contribution in [0.4, 0.5) is 0 Å². The molecular weight excluding hydrogens is 268 g/mol. The maximum absolute atomic E-state index is 12.5. The van der Waals surface area contributed by atoms with Gasteiger partial charge >= 0.3 is 0 Å². The summed E-state index contributed by atoms with van der Waals surface area (Å²) in [6.07, 6.45) is 0.432. The predicted octanol–water partition coefficient (Wildman–Crippen LogP) is 4.01. The molecule has 0 saturated carbocycles. The molecule has 0 spiro atoms. The second-order valence-corrected chi connectivity index (χ2v) is 6.37. The number of carbonyl (C=O) groups is 1. The largest absolute Gasteiger partial charge is 0.293 e. The number of benzene rings is 1. The minimum atomic E-state index is 0.124. The number of nitrogens with zero attached hydrogens (tertiary/aromatic N) is 2. The first kappa shape index (κ1) is 14.9. The summed E-state index contributed by atoms with van der Waals surface area (Å²) in [6, 6.07) is 4.26. The molecule has 2 rings (SSSR count). The Morgan fingerprint density at radius 1 is 1.20 bits per heavy atom. The summed E-state index contributed by atoms with van der Waals surface area (Å²) in [5.41, 5.74) is 5.54. The number of aryl methyl sites for hydroxylation is 3. The summed E-state index contributed by atoms with van der Waals surface area (Å²) in [5.74, 6) is 0.353. The number of hydrogen-bond acceptors (Lipinski definition) is 4. The Kier molecular flexibility index (Phi) is 4.33. The van der Waals surface area contributed by atoms with Crippen LogP contribution in [-0.2, 0) is 6.42 Å². The third kappa shape index (κ3) is 2.96. The van der Waals surface area contributed by atoms with E-state index in [0.29, 0.717) is 11.3 Å². The van der Waals surface area contributed by atoms with Crippen molar-refractivity contribution in [1.82, 2.24) is 9.59 Å². The minimum absolute atomic E-state index is 0.124. The molecule has 0 saturated heterocycles. The van der Waals surface area contributed by atoms with Crippen LogP contribution in [0.3, 0.4) is 0 Å². The van der Waals surface area contributed by atoms with Crippen LogP contribution in [0, 0.1) is 20.8 Å². The lowest BCUT2D eigenvalue weighted by molar-refractivity contribution is 0.0995. The Morgan fingerprint density at radius 2 is 1.80 bits per heavy atom. The van der Waals surface area contributed by atoms with E-state index in [9.17, 15) is 4.79 Å². The molecule has 0 N–H and O–H groups in total. The van der Waals surface area contributed by atoms with E-state index < -0.39 is 0 Å². The number of carbonyl (C=O) groups excluding carboxylic acids is 1. The van der Waals surface area contributed by atoms with Crippen LogP contribution in [0.15, 0.2) is 12.1 Å². The summed E-state index contributed by atoms with van der Waals surface area (Å²) >= 11 is 1.21. The van der Waals surface area contributed by atoms with Crippen molar-refractivity contribution in [3.05, 3.63) is 45.0 Å². The van der Waals surface area contributed by atoms with Gasteiger partial charge in [0.15, 0.2) is 5.78 Å². The number of Topliss-reactive ketones (excluding diaryl/α,β-unsaturated/α-hetero) is 1. The van der Waals surface area contributed by atoms with Crippen LogP contribution >= 0.6 is 11.5 Å². The number of ketones is 1. The van der Waals surface area contributed by atoms with Gasteiger partial charge in [-0.3, -0.25) is 4.79 Å². The van der Waals surface area contributed by atoms with Gasteiger partial charge in [-0.25, -0.2) is 0 Å². The summed E-state index contributed by atoms with van der Waals surface area (Å²) < 4.78 is 3.94. The van der Waals surface area contributed by atoms with E-state index in [0.717, 1.165) is 11.3 Å². The van der Waals surface area contributed by atoms with Crippen LogP contribution in [0.1, 0.15) is 57.4 Å². The standard InChI is InChI=1S/C16H20N2OS/c1-9(2)15-16(20-18-17-15)14(19)8-13-11(4)6-10(3)7-12(13)5/h6-7,9H,8H2,1-5H3. The molecule has 20 heavy (non-hydrogen) atoms. The smallest absolute Gasteiger partial charge is 0.180 e. The fraction of sp³-hybridized carbons (Fsp3) is 0.438. The van der Waals surface area contributed by atoms with Crippen molar-refractivity contribution in [1.29, 1.82) is 0 Å². The van der Waals surface area contributed by atoms with Crippen molar-refractivity contribution in [3.8, 4) is 0 Å². The highest BCUT2D eigenvalue weighted by Gasteiger charge is 2.20. The predicted molar refractivity (Wildman–Crippen MR) is 82.7 cm³/mol. The molecule has 0 aliphatic carbocycles. The summed E-state index contributed by atoms with van der Waals surface area (Å²) in [7, 11) is 0. The molecule has 0 atom stereocenters. The first-order chi connectivity index (χ1) is 9.40. The lowest BCUT2D eigenvalue weighted by atomic mass is 9.94. The van der Waals surface area contributed by atoms with E-state index in [1.54, 1.807) is 0 Å². The van der Waals surface area contributed by atoms with Gasteiger partial charge in [0.1, 0.15) is 4.88 Å². The Morgan fingerprint density at radius 3 is 2.35 bits per heavy atom. The van der Waals surface area contributed by atoms with E-state index >= 15 is 0 Å². The van der Waals surface area contributed by atoms with Gasteiger partial charge in [0.05, 0.1) is 5.69 Å². The third-order valence-electron chi connectivity index (χ3n) is 3.49. The molecule has 0 fully saturated rings. The lowest BCUT2D eigenvalue weighted by Gasteiger charge is -2.11. The van der Waals surface area contributed by atoms with Crippen LogP contribution in [0.25, 0.3) is 0 Å². The monoisotopic (exact) mass is 288 g/mol. The Hall–Kier alpha value is -1.55. The lowest BCUT2D eigenvalue weighted by Crippen LogP contribution is -2.08. The highest BCUT2D eigenvalue weighted by atomic mass is 32.1. The Labute approximate surface area is 124 Å². The van der Waals surface area contributed by atoms with Gasteiger partial charge < -0.3 is 0 Å². The normalized spacial score (nSPS) is 11.1. The van der Waals surface area contributed by atoms with E-state index in [1.165, 1.54) is 28.2 Å². The zero-order chi connectivity index (χ0) is 14.9. The van der Waals surface area contributed by atoms with E-state index in [2.05, 4.69) is 42.5 Å². The van der Waals surface area contributed by atoms with Crippen molar-refractivity contribution in [2.45, 2.75) is 47.0 Å². The molecule has 2 aromatic rings. The average Bonchev–Trinajstić information content (AvgIpc) is 2.82. The van der Waals surface area contributed by atoms with Crippen molar-refractivity contribution in [3.63, 3.8) is 0 Å². The SMILES string of the molecule is Cc1cc(C)c(CC(=O)c2snnc2C(C)C)c(C)c1. The molecular formula is C16H20N2OS. The molecule has 3 nitrogen and oxygen atoms in total. The third-order valence-corrected chi connectivity index (χ3v) is 4.27. The maximum Gasteiger partial charge on any atom is 0.180 e. The second kappa shape index (κ2) is 5.83. The Bertz CT molecular complexity index is 621. The van der Waals surface area contributed by atoms with Crippen molar-refractivity contribution in [2.75, 3.05) is 0 Å². The van der Waals surface area contributed by atoms with Crippen molar-refractivity contribution >= 4 is 17.3 Å². The number of aromatic nitrogens is 2. The van der Waals surface area contributed by atoms with Crippen LogP contribution < -0.4 is 0 Å². The number of rotatable bonds is 4. The molecule has 0 radical (unpaired) electrons. The summed E-state index contributed by atoms with van der Waals surface area (Å²) in [5, 5.41) is 4.09. The molecule has 4 heteroatoms. The topological polar surface area (TPSA) is 42.9 Å². The fourth-order valence-electron chi connectivity index (χ4n) is 2.50. The zero-order valence-electron chi connectivity index (χ0n) is 12.7. The highest BCUT2D eigenvalue weighted by Crippen LogP contribution is 2.24. The molecule has 0 unspecified atom stereocenters. The van der Waals surface area contributed by atoms with E-state index in [4.69, 9.17) is 0 Å². The van der Waals surface area contributed by atoms with Gasteiger partial charge in [0, 0.05) is 6.42 Å². The van der Waals surface area contributed by atoms with Gasteiger partial charge in [-0.15, -0.1) is 5.10 Å². The molecule has 1 aromatic carbocycles. The minimum Gasteiger partial charge on any atom is -0.293 e. The zero-order valence-corrected chi connectivity index (χ0v) is 13.5. The van der Waals surface area contributed by atoms with Gasteiger partial charge in [-0.2, -0.15) is 0 Å². The summed E-state index contributed by atoms with van der Waals surface area (Å²) in [6.45, 7) is 10.3. The molecule has 0 aliphatic heterocycles. The fourth-order valence-corrected chi connectivity index (χ4v) is 3.25. The van der Waals surface area contributed by atoms with Crippen molar-refractivity contribution < 1.29 is 4.79 Å². The first-order valence-electron chi connectivity index (χ1n) is 6.82. The molecule has 0 bridgehead atoms.